The number of hydrogen-bond acceptors (Lipinski definition) is 2. The zero-order valence-corrected chi connectivity index (χ0v) is 35.4. The molecule has 0 spiro atoms. The second-order valence-corrected chi connectivity index (χ2v) is 16.8. The van der Waals surface area contributed by atoms with Crippen LogP contribution in [0, 0.1) is 0 Å². The second kappa shape index (κ2) is 15.0. The van der Waals surface area contributed by atoms with Crippen LogP contribution in [0.1, 0.15) is 0 Å². The summed E-state index contributed by atoms with van der Waals surface area (Å²) < 4.78 is 8.91. The summed E-state index contributed by atoms with van der Waals surface area (Å²) in [6.07, 6.45) is 0. The van der Waals surface area contributed by atoms with Gasteiger partial charge in [0.1, 0.15) is 11.2 Å². The third kappa shape index (κ3) is 6.05. The summed E-state index contributed by atoms with van der Waals surface area (Å²) >= 11 is 0. The third-order valence-electron chi connectivity index (χ3n) is 13.2. The predicted molar refractivity (Wildman–Crippen MR) is 274 cm³/mol. The van der Waals surface area contributed by atoms with E-state index in [2.05, 4.69) is 240 Å². The van der Waals surface area contributed by atoms with Crippen molar-refractivity contribution < 1.29 is 4.42 Å². The quantitative estimate of drug-likeness (QED) is 0.149. The molecule has 0 saturated carbocycles. The number of nitrogens with zero attached hydrogens (tertiary/aromatic N) is 2. The molecule has 13 aromatic rings. The van der Waals surface area contributed by atoms with E-state index in [4.69, 9.17) is 4.42 Å². The third-order valence-corrected chi connectivity index (χ3v) is 13.2. The number of rotatable bonds is 7. The fraction of sp³-hybridized carbons (Fsp3) is 0. The van der Waals surface area contributed by atoms with E-state index in [0.29, 0.717) is 0 Å². The van der Waals surface area contributed by atoms with Gasteiger partial charge in [-0.2, -0.15) is 0 Å². The van der Waals surface area contributed by atoms with E-state index < -0.39 is 0 Å². The molecule has 11 aromatic carbocycles. The van der Waals surface area contributed by atoms with Crippen molar-refractivity contribution >= 4 is 82.4 Å². The van der Waals surface area contributed by atoms with E-state index in [1.165, 1.54) is 48.9 Å². The van der Waals surface area contributed by atoms with Crippen molar-refractivity contribution in [3.05, 3.63) is 243 Å². The molecular weight excluding hydrogens is 789 g/mol. The molecule has 0 aliphatic heterocycles. The Morgan fingerprint density at radius 3 is 1.71 bits per heavy atom. The van der Waals surface area contributed by atoms with Crippen LogP contribution in [0.25, 0.3) is 104 Å². The van der Waals surface area contributed by atoms with Crippen LogP contribution in [-0.4, -0.2) is 4.57 Å². The van der Waals surface area contributed by atoms with Gasteiger partial charge in [0.05, 0.1) is 22.4 Å². The van der Waals surface area contributed by atoms with Gasteiger partial charge in [0.15, 0.2) is 0 Å². The van der Waals surface area contributed by atoms with Crippen molar-refractivity contribution in [1.29, 1.82) is 0 Å². The van der Waals surface area contributed by atoms with Gasteiger partial charge in [-0.15, -0.1) is 0 Å². The van der Waals surface area contributed by atoms with Crippen molar-refractivity contribution in [2.45, 2.75) is 0 Å². The van der Waals surface area contributed by atoms with Gasteiger partial charge in [-0.1, -0.05) is 182 Å². The van der Waals surface area contributed by atoms with Gasteiger partial charge < -0.3 is 13.9 Å². The zero-order valence-electron chi connectivity index (χ0n) is 35.4. The van der Waals surface area contributed by atoms with E-state index >= 15 is 0 Å². The first-order valence-electron chi connectivity index (χ1n) is 22.2. The molecule has 3 nitrogen and oxygen atoms in total. The predicted octanol–water partition coefficient (Wildman–Crippen LogP) is 17.5. The lowest BCUT2D eigenvalue weighted by Gasteiger charge is -2.28. The van der Waals surface area contributed by atoms with Crippen molar-refractivity contribution in [3.63, 3.8) is 0 Å². The highest BCUT2D eigenvalue weighted by atomic mass is 16.3. The number of para-hydroxylation sites is 6. The van der Waals surface area contributed by atoms with Crippen LogP contribution < -0.4 is 4.90 Å². The number of anilines is 3. The Labute approximate surface area is 376 Å². The number of furan rings is 1. The Kier molecular flexibility index (Phi) is 8.53. The van der Waals surface area contributed by atoms with E-state index in [1.54, 1.807) is 0 Å². The van der Waals surface area contributed by atoms with Gasteiger partial charge in [-0.05, 0) is 98.9 Å². The van der Waals surface area contributed by atoms with Crippen molar-refractivity contribution in [3.8, 4) is 39.1 Å². The summed E-state index contributed by atoms with van der Waals surface area (Å²) in [5.74, 6) is 0. The summed E-state index contributed by atoms with van der Waals surface area (Å²) in [5.41, 5.74) is 15.4. The molecule has 0 aliphatic rings. The molecule has 0 N–H and O–H groups in total. The van der Waals surface area contributed by atoms with Gasteiger partial charge in [0, 0.05) is 49.6 Å². The molecule has 2 aromatic heterocycles. The van der Waals surface area contributed by atoms with Crippen molar-refractivity contribution in [2.75, 3.05) is 4.90 Å². The Hall–Kier alpha value is -8.66. The minimum atomic E-state index is 0.901. The minimum absolute atomic E-state index is 0.901. The van der Waals surface area contributed by atoms with Crippen molar-refractivity contribution in [2.24, 2.45) is 0 Å². The molecule has 0 saturated heterocycles. The molecule has 304 valence electrons. The standard InChI is InChI=1S/C62H40N2O/c1-2-18-48-41(15-1)31-32-45-40-47(37-38-49(45)48)63(46-35-33-42(34-36-46)52-24-14-25-56-55-23-7-12-30-61(55)65-62(52)56)57-26-8-3-19-50(57)43-16-13-17-44(39-43)51-20-4-9-27-58(51)64-59-28-10-5-21-53(59)54-22-6-11-29-60(54)64/h1-40H. The number of aromatic nitrogens is 1. The van der Waals surface area contributed by atoms with Crippen LogP contribution in [-0.2, 0) is 0 Å². The highest BCUT2D eigenvalue weighted by Crippen LogP contribution is 2.45. The van der Waals surface area contributed by atoms with Gasteiger partial charge >= 0.3 is 0 Å². The van der Waals surface area contributed by atoms with E-state index in [1.807, 2.05) is 12.1 Å². The molecule has 0 bridgehead atoms. The van der Waals surface area contributed by atoms with Crippen LogP contribution >= 0.6 is 0 Å². The molecule has 0 unspecified atom stereocenters. The highest BCUT2D eigenvalue weighted by molar-refractivity contribution is 6.12. The molecule has 13 rings (SSSR count). The first-order valence-corrected chi connectivity index (χ1v) is 22.2. The lowest BCUT2D eigenvalue weighted by atomic mass is 9.96. The molecule has 3 heteroatoms. The van der Waals surface area contributed by atoms with Crippen LogP contribution in [0.15, 0.2) is 247 Å². The molecular formula is C62H40N2O. The fourth-order valence-corrected chi connectivity index (χ4v) is 10.2. The lowest BCUT2D eigenvalue weighted by Crippen LogP contribution is -2.11. The maximum Gasteiger partial charge on any atom is 0.143 e. The Balaban J connectivity index is 0.965. The molecule has 0 amide bonds. The summed E-state index contributed by atoms with van der Waals surface area (Å²) in [4.78, 5) is 2.41. The summed E-state index contributed by atoms with van der Waals surface area (Å²) in [6.45, 7) is 0. The van der Waals surface area contributed by atoms with Crippen LogP contribution in [0.5, 0.6) is 0 Å². The van der Waals surface area contributed by atoms with Crippen LogP contribution in [0.4, 0.5) is 17.1 Å². The molecule has 0 radical (unpaired) electrons. The molecule has 0 atom stereocenters. The minimum Gasteiger partial charge on any atom is -0.455 e. The molecule has 65 heavy (non-hydrogen) atoms. The Morgan fingerprint density at radius 2 is 0.892 bits per heavy atom. The number of benzene rings is 11. The topological polar surface area (TPSA) is 21.3 Å². The van der Waals surface area contributed by atoms with Gasteiger partial charge in [0.2, 0.25) is 0 Å². The smallest absolute Gasteiger partial charge is 0.143 e. The molecule has 2 heterocycles. The normalized spacial score (nSPS) is 11.7. The Bertz CT molecular complexity index is 3910. The maximum atomic E-state index is 6.49. The van der Waals surface area contributed by atoms with E-state index in [-0.39, 0.29) is 0 Å². The molecule has 0 aliphatic carbocycles. The largest absolute Gasteiger partial charge is 0.455 e. The monoisotopic (exact) mass is 828 g/mol. The van der Waals surface area contributed by atoms with Gasteiger partial charge in [-0.25, -0.2) is 0 Å². The molecule has 0 fully saturated rings. The van der Waals surface area contributed by atoms with Crippen molar-refractivity contribution in [1.82, 2.24) is 4.57 Å². The second-order valence-electron chi connectivity index (χ2n) is 16.8. The van der Waals surface area contributed by atoms with E-state index in [0.717, 1.165) is 72.5 Å². The van der Waals surface area contributed by atoms with Crippen LogP contribution in [0.3, 0.4) is 0 Å². The SMILES string of the molecule is c1cc(-c2ccccc2N(c2ccc(-c3cccc4c3oc3ccccc34)cc2)c2ccc3c(ccc4ccccc43)c2)cc(-c2ccccc2-n2c3ccccc3c3ccccc32)c1. The lowest BCUT2D eigenvalue weighted by molar-refractivity contribution is 0.670. The Morgan fingerprint density at radius 1 is 0.323 bits per heavy atom. The summed E-state index contributed by atoms with van der Waals surface area (Å²) in [6, 6.07) is 87.8. The summed E-state index contributed by atoms with van der Waals surface area (Å²) in [5, 5.41) is 9.69. The zero-order chi connectivity index (χ0) is 42.8. The first-order chi connectivity index (χ1) is 32.2. The number of hydrogen-bond donors (Lipinski definition) is 0. The highest BCUT2D eigenvalue weighted by Gasteiger charge is 2.21. The first kappa shape index (κ1) is 36.9. The van der Waals surface area contributed by atoms with Crippen LogP contribution in [0.2, 0.25) is 0 Å². The average molecular weight is 829 g/mol. The maximum absolute atomic E-state index is 6.49. The summed E-state index contributed by atoms with van der Waals surface area (Å²) in [7, 11) is 0. The fourth-order valence-electron chi connectivity index (χ4n) is 10.2. The van der Waals surface area contributed by atoms with E-state index in [9.17, 15) is 0 Å². The number of fused-ring (bicyclic) bond motifs is 9. The average Bonchev–Trinajstić information content (AvgIpc) is 3.93. The van der Waals surface area contributed by atoms with Gasteiger partial charge in [-0.3, -0.25) is 0 Å². The van der Waals surface area contributed by atoms with Gasteiger partial charge in [0.25, 0.3) is 0 Å².